The van der Waals surface area contributed by atoms with Crippen LogP contribution in [0.3, 0.4) is 0 Å². The molecule has 0 bridgehead atoms. The van der Waals surface area contributed by atoms with E-state index in [4.69, 9.17) is 9.97 Å². The van der Waals surface area contributed by atoms with Crippen LogP contribution in [0.25, 0.3) is 10.2 Å². The third-order valence-electron chi connectivity index (χ3n) is 4.75. The van der Waals surface area contributed by atoms with Gasteiger partial charge in [0.05, 0.1) is 10.6 Å². The molecule has 5 heteroatoms. The number of hydrogen-bond donors (Lipinski definition) is 0. The predicted molar refractivity (Wildman–Crippen MR) is 103 cm³/mol. The second-order valence-corrected chi connectivity index (χ2v) is 7.56. The van der Waals surface area contributed by atoms with Crippen molar-refractivity contribution < 1.29 is 4.79 Å². The number of fused-ring (bicyclic) bond motifs is 1. The van der Waals surface area contributed by atoms with E-state index < -0.39 is 0 Å². The van der Waals surface area contributed by atoms with E-state index in [1.807, 2.05) is 56.0 Å². The highest BCUT2D eigenvalue weighted by Crippen LogP contribution is 2.40. The lowest BCUT2D eigenvalue weighted by molar-refractivity contribution is 0.0992. The van der Waals surface area contributed by atoms with Crippen molar-refractivity contribution in [1.82, 2.24) is 9.97 Å². The lowest BCUT2D eigenvalue weighted by Crippen LogP contribution is -2.30. The zero-order chi connectivity index (χ0) is 17.6. The number of benzene rings is 1. The van der Waals surface area contributed by atoms with Gasteiger partial charge >= 0.3 is 0 Å². The summed E-state index contributed by atoms with van der Waals surface area (Å²) >= 11 is 1.50. The maximum atomic E-state index is 13.2. The molecule has 3 aromatic rings. The zero-order valence-electron chi connectivity index (χ0n) is 14.7. The van der Waals surface area contributed by atoms with Gasteiger partial charge in [-0.05, 0) is 51.3 Å². The summed E-state index contributed by atoms with van der Waals surface area (Å²) in [5.74, 6) is 1.50. The quantitative estimate of drug-likeness (QED) is 0.675. The van der Waals surface area contributed by atoms with E-state index in [2.05, 4.69) is 0 Å². The van der Waals surface area contributed by atoms with E-state index in [-0.39, 0.29) is 5.91 Å². The third kappa shape index (κ3) is 2.82. The largest absolute Gasteiger partial charge is 0.308 e. The number of nitrogens with zero attached hydrogens (tertiary/aromatic N) is 3. The van der Waals surface area contributed by atoms with Gasteiger partial charge in [0.15, 0.2) is 0 Å². The molecule has 1 aliphatic carbocycles. The molecule has 2 heterocycles. The Hall–Kier alpha value is -2.27. The monoisotopic (exact) mass is 351 g/mol. The molecular weight excluding hydrogens is 330 g/mol. The Morgan fingerprint density at radius 2 is 1.92 bits per heavy atom. The Labute approximate surface area is 151 Å². The smallest absolute Gasteiger partial charge is 0.268 e. The van der Waals surface area contributed by atoms with Crippen molar-refractivity contribution in [3.63, 3.8) is 0 Å². The topological polar surface area (TPSA) is 46.1 Å². The predicted octanol–water partition coefficient (Wildman–Crippen LogP) is 4.85. The number of hydrogen-bond acceptors (Lipinski definition) is 4. The van der Waals surface area contributed by atoms with E-state index in [1.54, 1.807) is 0 Å². The van der Waals surface area contributed by atoms with Gasteiger partial charge in [-0.3, -0.25) is 4.79 Å². The van der Waals surface area contributed by atoms with Crippen molar-refractivity contribution in [1.29, 1.82) is 0 Å². The summed E-state index contributed by atoms with van der Waals surface area (Å²) in [5.41, 5.74) is 2.91. The van der Waals surface area contributed by atoms with Gasteiger partial charge in [-0.25, -0.2) is 9.97 Å². The van der Waals surface area contributed by atoms with Crippen LogP contribution in [0.15, 0.2) is 30.3 Å². The van der Waals surface area contributed by atoms with E-state index >= 15 is 0 Å². The summed E-state index contributed by atoms with van der Waals surface area (Å²) in [6.45, 7) is 6.68. The van der Waals surface area contributed by atoms with Gasteiger partial charge < -0.3 is 4.90 Å². The molecule has 1 aromatic carbocycles. The first-order valence-electron chi connectivity index (χ1n) is 8.74. The van der Waals surface area contributed by atoms with Gasteiger partial charge in [0.1, 0.15) is 10.7 Å². The second-order valence-electron chi connectivity index (χ2n) is 6.56. The first kappa shape index (κ1) is 16.2. The van der Waals surface area contributed by atoms with Crippen LogP contribution in [0, 0.1) is 13.8 Å². The Balaban J connectivity index is 1.79. The summed E-state index contributed by atoms with van der Waals surface area (Å²) in [6.07, 6.45) is 2.36. The minimum atomic E-state index is 0.0431. The van der Waals surface area contributed by atoms with Crippen molar-refractivity contribution in [3.05, 3.63) is 52.3 Å². The average Bonchev–Trinajstić information content (AvgIpc) is 3.40. The van der Waals surface area contributed by atoms with Crippen LogP contribution in [0.1, 0.15) is 52.4 Å². The Bertz CT molecular complexity index is 944. The summed E-state index contributed by atoms with van der Waals surface area (Å²) in [7, 11) is 0. The SMILES string of the molecule is CCN(C(=O)c1sc2nc(C3CC3)nc(C)c2c1C)c1ccccc1. The van der Waals surface area contributed by atoms with Gasteiger partial charge in [-0.15, -0.1) is 11.3 Å². The summed E-state index contributed by atoms with van der Waals surface area (Å²) in [6, 6.07) is 9.83. The molecule has 0 N–H and O–H groups in total. The first-order chi connectivity index (χ1) is 12.1. The molecule has 0 spiro atoms. The van der Waals surface area contributed by atoms with E-state index in [0.717, 1.165) is 37.9 Å². The van der Waals surface area contributed by atoms with Gasteiger partial charge in [0.2, 0.25) is 0 Å². The summed E-state index contributed by atoms with van der Waals surface area (Å²) in [5, 5.41) is 1.04. The van der Waals surface area contributed by atoms with Crippen LogP contribution >= 0.6 is 11.3 Å². The maximum absolute atomic E-state index is 13.2. The minimum absolute atomic E-state index is 0.0431. The number of amides is 1. The molecule has 128 valence electrons. The normalized spacial score (nSPS) is 14.0. The fourth-order valence-corrected chi connectivity index (χ4v) is 4.45. The van der Waals surface area contributed by atoms with Crippen LogP contribution in [0.5, 0.6) is 0 Å². The molecule has 0 unspecified atom stereocenters. The molecule has 0 saturated heterocycles. The van der Waals surface area contributed by atoms with E-state index in [9.17, 15) is 4.79 Å². The molecular formula is C20H21N3OS. The Morgan fingerprint density at radius 3 is 2.56 bits per heavy atom. The molecule has 0 atom stereocenters. The zero-order valence-corrected chi connectivity index (χ0v) is 15.6. The summed E-state index contributed by atoms with van der Waals surface area (Å²) in [4.78, 5) is 26.2. The standard InChI is InChI=1S/C20H21N3OS/c1-4-23(15-8-6-5-7-9-15)20(24)17-12(2)16-13(3)21-18(14-10-11-14)22-19(16)25-17/h5-9,14H,4,10-11H2,1-3H3. The maximum Gasteiger partial charge on any atom is 0.268 e. The van der Waals surface area contributed by atoms with Gasteiger partial charge in [0, 0.05) is 23.5 Å². The van der Waals surface area contributed by atoms with E-state index in [1.165, 1.54) is 24.2 Å². The highest BCUT2D eigenvalue weighted by Gasteiger charge is 2.29. The third-order valence-corrected chi connectivity index (χ3v) is 5.93. The fraction of sp³-hybridized carbons (Fsp3) is 0.350. The van der Waals surface area contributed by atoms with Crippen molar-refractivity contribution in [2.24, 2.45) is 0 Å². The Kier molecular flexibility index (Phi) is 4.04. The van der Waals surface area contributed by atoms with E-state index in [0.29, 0.717) is 12.5 Å². The molecule has 1 amide bonds. The van der Waals surface area contributed by atoms with Crippen LogP contribution < -0.4 is 4.90 Å². The molecule has 25 heavy (non-hydrogen) atoms. The molecule has 4 rings (SSSR count). The van der Waals surface area contributed by atoms with Crippen molar-refractivity contribution in [2.45, 2.75) is 39.5 Å². The molecule has 1 aliphatic rings. The number of rotatable bonds is 4. The lowest BCUT2D eigenvalue weighted by atomic mass is 10.1. The summed E-state index contributed by atoms with van der Waals surface area (Å²) < 4.78 is 0. The lowest BCUT2D eigenvalue weighted by Gasteiger charge is -2.20. The van der Waals surface area contributed by atoms with Gasteiger partial charge in [-0.1, -0.05) is 18.2 Å². The number of anilines is 1. The van der Waals surface area contributed by atoms with Crippen LogP contribution in [0.4, 0.5) is 5.69 Å². The minimum Gasteiger partial charge on any atom is -0.308 e. The number of aryl methyl sites for hydroxylation is 2. The Morgan fingerprint density at radius 1 is 1.20 bits per heavy atom. The molecule has 0 aliphatic heterocycles. The second kappa shape index (κ2) is 6.23. The number of aromatic nitrogens is 2. The van der Waals surface area contributed by atoms with Gasteiger partial charge in [0.25, 0.3) is 5.91 Å². The molecule has 1 fully saturated rings. The van der Waals surface area contributed by atoms with Crippen LogP contribution in [0.2, 0.25) is 0 Å². The molecule has 0 radical (unpaired) electrons. The number of para-hydroxylation sites is 1. The molecule has 4 nitrogen and oxygen atoms in total. The van der Waals surface area contributed by atoms with Crippen molar-refractivity contribution >= 4 is 33.1 Å². The van der Waals surface area contributed by atoms with Crippen LogP contribution in [-0.4, -0.2) is 22.4 Å². The number of thiophene rings is 1. The first-order valence-corrected chi connectivity index (χ1v) is 9.56. The fourth-order valence-electron chi connectivity index (χ4n) is 3.26. The van der Waals surface area contributed by atoms with Crippen LogP contribution in [-0.2, 0) is 0 Å². The molecule has 1 saturated carbocycles. The van der Waals surface area contributed by atoms with Gasteiger partial charge in [-0.2, -0.15) is 0 Å². The highest BCUT2D eigenvalue weighted by atomic mass is 32.1. The number of carbonyl (C=O) groups excluding carboxylic acids is 1. The highest BCUT2D eigenvalue weighted by molar-refractivity contribution is 7.20. The average molecular weight is 351 g/mol. The molecule has 2 aromatic heterocycles. The van der Waals surface area contributed by atoms with Crippen molar-refractivity contribution in [2.75, 3.05) is 11.4 Å². The van der Waals surface area contributed by atoms with Crippen molar-refractivity contribution in [3.8, 4) is 0 Å². The number of carbonyl (C=O) groups is 1.